The number of alkyl halides is 3. The molecule has 9 nitrogen and oxygen atoms in total. The molecule has 33 heavy (non-hydrogen) atoms. The van der Waals surface area contributed by atoms with Gasteiger partial charge >= 0.3 is 6.18 Å². The van der Waals surface area contributed by atoms with Gasteiger partial charge in [0.25, 0.3) is 10.0 Å². The Kier molecular flexibility index (Phi) is 5.80. The third-order valence-electron chi connectivity index (χ3n) is 4.42. The lowest BCUT2D eigenvalue weighted by atomic mass is 10.2. The van der Waals surface area contributed by atoms with Gasteiger partial charge in [-0.15, -0.1) is 10.2 Å². The quantitative estimate of drug-likeness (QED) is 0.402. The monoisotopic (exact) mass is 517 g/mol. The molecule has 2 N–H and O–H groups in total. The lowest BCUT2D eigenvalue weighted by Gasteiger charge is -2.14. The fourth-order valence-electron chi connectivity index (χ4n) is 2.96. The molecular formula is C18H12Cl2F3N7O2S. The average molecular weight is 518 g/mol. The number of benzene rings is 1. The maximum Gasteiger partial charge on any atom is 0.417 e. The van der Waals surface area contributed by atoms with E-state index in [9.17, 15) is 21.6 Å². The van der Waals surface area contributed by atoms with Crippen molar-refractivity contribution in [2.45, 2.75) is 18.0 Å². The second-order valence-electron chi connectivity index (χ2n) is 6.64. The van der Waals surface area contributed by atoms with E-state index in [2.05, 4.69) is 30.1 Å². The standard InChI is InChI=1S/C18H12Cl2F3N7O2S/c1-9-26-28-17(30(9)15-4-5-25-27-15)16-14(6-10(19)8-24-16)29-33(31,32)11-2-3-13(20)12(7-11)18(21,22)23/h2-8,29H,1H3,(H,25,27). The van der Waals surface area contributed by atoms with Gasteiger partial charge in [0.15, 0.2) is 5.82 Å². The molecule has 0 fully saturated rings. The number of aromatic nitrogens is 6. The van der Waals surface area contributed by atoms with Crippen molar-refractivity contribution in [3.63, 3.8) is 0 Å². The number of halogens is 5. The van der Waals surface area contributed by atoms with Gasteiger partial charge in [-0.2, -0.15) is 18.3 Å². The van der Waals surface area contributed by atoms with Crippen molar-refractivity contribution < 1.29 is 21.6 Å². The van der Waals surface area contributed by atoms with Gasteiger partial charge < -0.3 is 0 Å². The molecule has 4 rings (SSSR count). The molecule has 172 valence electrons. The van der Waals surface area contributed by atoms with Gasteiger partial charge in [-0.3, -0.25) is 14.4 Å². The fourth-order valence-corrected chi connectivity index (χ4v) is 4.43. The smallest absolute Gasteiger partial charge is 0.277 e. The SMILES string of the molecule is Cc1nnc(-c2ncc(Cl)cc2NS(=O)(=O)c2ccc(Cl)c(C(F)(F)F)c2)n1-c1ccn[nH]1. The molecule has 0 spiro atoms. The van der Waals surface area contributed by atoms with E-state index in [4.69, 9.17) is 23.2 Å². The van der Waals surface area contributed by atoms with Crippen LogP contribution >= 0.6 is 23.2 Å². The summed E-state index contributed by atoms with van der Waals surface area (Å²) in [6, 6.07) is 5.14. The second kappa shape index (κ2) is 8.32. The number of anilines is 1. The molecule has 15 heteroatoms. The third kappa shape index (κ3) is 4.51. The zero-order chi connectivity index (χ0) is 24.0. The summed E-state index contributed by atoms with van der Waals surface area (Å²) >= 11 is 11.6. The van der Waals surface area contributed by atoms with Gasteiger partial charge in [0.1, 0.15) is 17.3 Å². The summed E-state index contributed by atoms with van der Waals surface area (Å²) in [6.07, 6.45) is -2.08. The Labute approximate surface area is 194 Å². The number of hydrogen-bond donors (Lipinski definition) is 2. The van der Waals surface area contributed by atoms with Crippen molar-refractivity contribution in [3.8, 4) is 17.3 Å². The molecule has 3 aromatic heterocycles. The van der Waals surface area contributed by atoms with Gasteiger partial charge in [-0.25, -0.2) is 13.4 Å². The first kappa shape index (κ1) is 23.0. The second-order valence-corrected chi connectivity index (χ2v) is 9.17. The number of nitrogens with zero attached hydrogens (tertiary/aromatic N) is 5. The number of H-pyrrole nitrogens is 1. The molecule has 0 saturated heterocycles. The van der Waals surface area contributed by atoms with Gasteiger partial charge in [0.2, 0.25) is 0 Å². The molecule has 1 aromatic carbocycles. The summed E-state index contributed by atoms with van der Waals surface area (Å²) in [5, 5.41) is 14.1. The minimum Gasteiger partial charge on any atom is -0.277 e. The first-order valence-corrected chi connectivity index (χ1v) is 11.2. The first-order chi connectivity index (χ1) is 15.5. The maximum atomic E-state index is 13.2. The summed E-state index contributed by atoms with van der Waals surface area (Å²) in [7, 11) is -4.50. The Morgan fingerprint density at radius 1 is 1.12 bits per heavy atom. The highest BCUT2D eigenvalue weighted by molar-refractivity contribution is 7.92. The van der Waals surface area contributed by atoms with Crippen LogP contribution in [0.4, 0.5) is 18.9 Å². The normalized spacial score (nSPS) is 12.2. The number of nitrogens with one attached hydrogen (secondary N) is 2. The van der Waals surface area contributed by atoms with E-state index in [1.807, 2.05) is 0 Å². The summed E-state index contributed by atoms with van der Waals surface area (Å²) in [5.74, 6) is 1.05. The molecule has 0 saturated carbocycles. The molecule has 0 aliphatic carbocycles. The predicted octanol–water partition coefficient (Wildman–Crippen LogP) is 4.49. The molecule has 4 aromatic rings. The summed E-state index contributed by atoms with van der Waals surface area (Å²) in [5.41, 5.74) is -1.38. The van der Waals surface area contributed by atoms with Crippen LogP contribution in [0.2, 0.25) is 10.0 Å². The summed E-state index contributed by atoms with van der Waals surface area (Å²) < 4.78 is 69.3. The summed E-state index contributed by atoms with van der Waals surface area (Å²) in [6.45, 7) is 1.66. The van der Waals surface area contributed by atoms with E-state index in [0.29, 0.717) is 17.7 Å². The molecule has 0 bridgehead atoms. The molecule has 0 radical (unpaired) electrons. The van der Waals surface area contributed by atoms with Crippen molar-refractivity contribution in [3.05, 3.63) is 64.2 Å². The van der Waals surface area contributed by atoms with Crippen LogP contribution in [0.3, 0.4) is 0 Å². The van der Waals surface area contributed by atoms with Crippen LogP contribution in [0.25, 0.3) is 17.3 Å². The Bertz CT molecular complexity index is 1440. The van der Waals surface area contributed by atoms with E-state index >= 15 is 0 Å². The molecule has 0 aliphatic heterocycles. The average Bonchev–Trinajstić information content (AvgIpc) is 3.36. The van der Waals surface area contributed by atoms with E-state index < -0.39 is 31.7 Å². The molecule has 3 heterocycles. The van der Waals surface area contributed by atoms with Crippen molar-refractivity contribution >= 4 is 38.9 Å². The lowest BCUT2D eigenvalue weighted by molar-refractivity contribution is -0.137. The van der Waals surface area contributed by atoms with Gasteiger partial charge in [0.05, 0.1) is 32.4 Å². The van der Waals surface area contributed by atoms with E-state index in [1.165, 1.54) is 23.0 Å². The summed E-state index contributed by atoms with van der Waals surface area (Å²) in [4.78, 5) is 3.51. The van der Waals surface area contributed by atoms with Gasteiger partial charge in [-0.1, -0.05) is 23.2 Å². The number of aryl methyl sites for hydroxylation is 1. The Balaban J connectivity index is 1.81. The van der Waals surface area contributed by atoms with Crippen LogP contribution in [-0.2, 0) is 16.2 Å². The fraction of sp³-hybridized carbons (Fsp3) is 0.111. The third-order valence-corrected chi connectivity index (χ3v) is 6.32. The molecular weight excluding hydrogens is 506 g/mol. The maximum absolute atomic E-state index is 13.2. The van der Waals surface area contributed by atoms with E-state index in [-0.39, 0.29) is 22.2 Å². The van der Waals surface area contributed by atoms with Crippen LogP contribution in [0.15, 0.2) is 47.6 Å². The van der Waals surface area contributed by atoms with Crippen molar-refractivity contribution in [1.29, 1.82) is 0 Å². The van der Waals surface area contributed by atoms with Crippen LogP contribution in [0, 0.1) is 6.92 Å². The number of aromatic amines is 1. The number of sulfonamides is 1. The van der Waals surface area contributed by atoms with E-state index in [0.717, 1.165) is 12.1 Å². The number of pyridine rings is 1. The predicted molar refractivity (Wildman–Crippen MR) is 114 cm³/mol. The minimum absolute atomic E-state index is 0.0307. The lowest BCUT2D eigenvalue weighted by Crippen LogP contribution is -2.16. The topological polar surface area (TPSA) is 118 Å². The number of rotatable bonds is 5. The van der Waals surface area contributed by atoms with Crippen LogP contribution < -0.4 is 4.72 Å². The van der Waals surface area contributed by atoms with Crippen molar-refractivity contribution in [2.75, 3.05) is 4.72 Å². The highest BCUT2D eigenvalue weighted by atomic mass is 35.5. The Morgan fingerprint density at radius 2 is 1.88 bits per heavy atom. The van der Waals surface area contributed by atoms with Crippen LogP contribution in [0.5, 0.6) is 0 Å². The highest BCUT2D eigenvalue weighted by Crippen LogP contribution is 2.37. The zero-order valence-corrected chi connectivity index (χ0v) is 18.7. The number of hydrogen-bond acceptors (Lipinski definition) is 6. The van der Waals surface area contributed by atoms with Gasteiger partial charge in [-0.05, 0) is 31.2 Å². The Hall–Kier alpha value is -3.16. The highest BCUT2D eigenvalue weighted by Gasteiger charge is 2.34. The minimum atomic E-state index is -4.84. The molecule has 0 amide bonds. The Morgan fingerprint density at radius 3 is 2.55 bits per heavy atom. The van der Waals surface area contributed by atoms with E-state index in [1.54, 1.807) is 13.0 Å². The molecule has 0 unspecified atom stereocenters. The van der Waals surface area contributed by atoms with Crippen LogP contribution in [-0.4, -0.2) is 38.4 Å². The largest absolute Gasteiger partial charge is 0.417 e. The molecule has 0 atom stereocenters. The zero-order valence-electron chi connectivity index (χ0n) is 16.4. The van der Waals surface area contributed by atoms with Crippen LogP contribution in [0.1, 0.15) is 11.4 Å². The van der Waals surface area contributed by atoms with Crippen molar-refractivity contribution in [1.82, 2.24) is 29.9 Å². The van der Waals surface area contributed by atoms with Crippen molar-refractivity contribution in [2.24, 2.45) is 0 Å². The first-order valence-electron chi connectivity index (χ1n) is 8.94. The molecule has 0 aliphatic rings. The van der Waals surface area contributed by atoms with Gasteiger partial charge in [0, 0.05) is 12.3 Å².